The highest BCUT2D eigenvalue weighted by molar-refractivity contribution is 7.80. The molecule has 1 aromatic carbocycles. The SMILES string of the molecule is Cc1c(Cl)cccc1NC(=S)NN=C1CCCCCCC1. The van der Waals surface area contributed by atoms with E-state index in [1.165, 1.54) is 37.8 Å². The highest BCUT2D eigenvalue weighted by Gasteiger charge is 2.06. The third kappa shape index (κ3) is 5.29. The number of hydrazone groups is 1. The van der Waals surface area contributed by atoms with Crippen molar-refractivity contribution in [3.63, 3.8) is 0 Å². The number of thiocarbonyl (C=S) groups is 1. The van der Waals surface area contributed by atoms with Crippen molar-refractivity contribution in [3.05, 3.63) is 28.8 Å². The summed E-state index contributed by atoms with van der Waals surface area (Å²) in [7, 11) is 0. The molecule has 3 nitrogen and oxygen atoms in total. The van der Waals surface area contributed by atoms with Crippen LogP contribution in [-0.4, -0.2) is 10.8 Å². The van der Waals surface area contributed by atoms with Crippen LogP contribution >= 0.6 is 23.8 Å². The van der Waals surface area contributed by atoms with Gasteiger partial charge in [0, 0.05) is 16.4 Å². The molecule has 1 fully saturated rings. The predicted octanol–water partition coefficient (Wildman–Crippen LogP) is 5.04. The second-order valence-electron chi connectivity index (χ2n) is 5.42. The first kappa shape index (κ1) is 16.2. The van der Waals surface area contributed by atoms with E-state index >= 15 is 0 Å². The minimum Gasteiger partial charge on any atom is -0.331 e. The van der Waals surface area contributed by atoms with Crippen LogP contribution < -0.4 is 10.7 Å². The molecule has 21 heavy (non-hydrogen) atoms. The summed E-state index contributed by atoms with van der Waals surface area (Å²) in [6.45, 7) is 1.97. The lowest BCUT2D eigenvalue weighted by Crippen LogP contribution is -2.25. The average molecular weight is 324 g/mol. The van der Waals surface area contributed by atoms with Crippen LogP contribution in [0.15, 0.2) is 23.3 Å². The first-order chi connectivity index (χ1) is 10.2. The van der Waals surface area contributed by atoms with Gasteiger partial charge in [-0.25, -0.2) is 0 Å². The Bertz CT molecular complexity index is 518. The minimum atomic E-state index is 0.509. The number of hydrogen-bond acceptors (Lipinski definition) is 2. The second kappa shape index (κ2) is 8.35. The fraction of sp³-hybridized carbons (Fsp3) is 0.500. The molecular weight excluding hydrogens is 302 g/mol. The van der Waals surface area contributed by atoms with Gasteiger partial charge in [0.15, 0.2) is 5.11 Å². The molecule has 0 amide bonds. The molecule has 0 atom stereocenters. The first-order valence-electron chi connectivity index (χ1n) is 7.54. The van der Waals surface area contributed by atoms with Crippen LogP contribution in [0.3, 0.4) is 0 Å². The van der Waals surface area contributed by atoms with Crippen LogP contribution in [0, 0.1) is 6.92 Å². The average Bonchev–Trinajstić information content (AvgIpc) is 2.43. The quantitative estimate of drug-likeness (QED) is 0.591. The van der Waals surface area contributed by atoms with E-state index in [4.69, 9.17) is 23.8 Å². The van der Waals surface area contributed by atoms with Crippen molar-refractivity contribution in [2.45, 2.75) is 51.9 Å². The Morgan fingerprint density at radius 1 is 1.14 bits per heavy atom. The molecule has 0 aliphatic heterocycles. The van der Waals surface area contributed by atoms with E-state index in [0.29, 0.717) is 5.11 Å². The fourth-order valence-corrected chi connectivity index (χ4v) is 2.78. The van der Waals surface area contributed by atoms with E-state index in [-0.39, 0.29) is 0 Å². The standard InChI is InChI=1S/C16H22ClN3S/c1-12-14(17)10-7-11-15(12)18-16(21)20-19-13-8-5-3-2-4-6-9-13/h7,10-11H,2-6,8-9H2,1H3,(H2,18,20,21). The van der Waals surface area contributed by atoms with Gasteiger partial charge in [0.05, 0.1) is 0 Å². The molecule has 5 heteroatoms. The third-order valence-corrected chi connectivity index (χ3v) is 4.36. The molecule has 1 aliphatic rings. The van der Waals surface area contributed by atoms with E-state index in [1.54, 1.807) is 0 Å². The fourth-order valence-electron chi connectivity index (χ4n) is 2.45. The summed E-state index contributed by atoms with van der Waals surface area (Å²) in [4.78, 5) is 0. The van der Waals surface area contributed by atoms with Gasteiger partial charge in [-0.15, -0.1) is 0 Å². The Hall–Kier alpha value is -1.13. The molecule has 2 N–H and O–H groups in total. The van der Waals surface area contributed by atoms with Crippen molar-refractivity contribution in [3.8, 4) is 0 Å². The number of anilines is 1. The summed E-state index contributed by atoms with van der Waals surface area (Å²) in [5.41, 5.74) is 6.09. The van der Waals surface area contributed by atoms with Crippen molar-refractivity contribution >= 4 is 40.3 Å². The highest BCUT2D eigenvalue weighted by atomic mass is 35.5. The molecule has 1 aliphatic carbocycles. The normalized spacial score (nSPS) is 15.8. The molecule has 0 unspecified atom stereocenters. The van der Waals surface area contributed by atoms with E-state index in [9.17, 15) is 0 Å². The summed E-state index contributed by atoms with van der Waals surface area (Å²) in [6.07, 6.45) is 8.58. The lowest BCUT2D eigenvalue weighted by Gasteiger charge is -2.13. The van der Waals surface area contributed by atoms with Gasteiger partial charge in [-0.3, -0.25) is 5.43 Å². The molecule has 0 aromatic heterocycles. The molecule has 0 saturated heterocycles. The number of rotatable bonds is 2. The van der Waals surface area contributed by atoms with Gasteiger partial charge in [0.25, 0.3) is 0 Å². The zero-order valence-corrected chi connectivity index (χ0v) is 14.0. The molecule has 1 aromatic rings. The number of hydrogen-bond donors (Lipinski definition) is 2. The van der Waals surface area contributed by atoms with E-state index in [2.05, 4.69) is 15.8 Å². The molecule has 2 rings (SSSR count). The Labute approximate surface area is 137 Å². The lowest BCUT2D eigenvalue weighted by molar-refractivity contribution is 0.604. The maximum atomic E-state index is 6.10. The first-order valence-corrected chi connectivity index (χ1v) is 8.33. The van der Waals surface area contributed by atoms with Crippen LogP contribution in [-0.2, 0) is 0 Å². The summed E-state index contributed by atoms with van der Waals surface area (Å²) >= 11 is 11.4. The van der Waals surface area contributed by atoms with Gasteiger partial charge >= 0.3 is 0 Å². The topological polar surface area (TPSA) is 36.4 Å². The maximum Gasteiger partial charge on any atom is 0.191 e. The van der Waals surface area contributed by atoms with E-state index in [1.807, 2.05) is 25.1 Å². The Morgan fingerprint density at radius 2 is 1.81 bits per heavy atom. The molecular formula is C16H22ClN3S. The van der Waals surface area contributed by atoms with Crippen molar-refractivity contribution in [1.29, 1.82) is 0 Å². The Morgan fingerprint density at radius 3 is 2.52 bits per heavy atom. The van der Waals surface area contributed by atoms with Crippen molar-refractivity contribution in [2.24, 2.45) is 5.10 Å². The largest absolute Gasteiger partial charge is 0.331 e. The summed E-state index contributed by atoms with van der Waals surface area (Å²) in [5.74, 6) is 0. The van der Waals surface area contributed by atoms with Gasteiger partial charge in [0.2, 0.25) is 0 Å². The smallest absolute Gasteiger partial charge is 0.191 e. The summed E-state index contributed by atoms with van der Waals surface area (Å²) in [5, 5.41) is 8.85. The van der Waals surface area contributed by atoms with Crippen molar-refractivity contribution in [1.82, 2.24) is 5.43 Å². The van der Waals surface area contributed by atoms with Crippen molar-refractivity contribution < 1.29 is 0 Å². The second-order valence-corrected chi connectivity index (χ2v) is 6.24. The van der Waals surface area contributed by atoms with Gasteiger partial charge in [-0.2, -0.15) is 5.10 Å². The third-order valence-electron chi connectivity index (χ3n) is 3.76. The minimum absolute atomic E-state index is 0.509. The van der Waals surface area contributed by atoms with Crippen LogP contribution in [0.1, 0.15) is 50.5 Å². The van der Waals surface area contributed by atoms with E-state index < -0.39 is 0 Å². The van der Waals surface area contributed by atoms with Gasteiger partial charge < -0.3 is 5.32 Å². The van der Waals surface area contributed by atoms with E-state index in [0.717, 1.165) is 29.1 Å². The predicted molar refractivity (Wildman–Crippen MR) is 95.3 cm³/mol. The Kier molecular flexibility index (Phi) is 6.46. The Balaban J connectivity index is 1.90. The van der Waals surface area contributed by atoms with Crippen molar-refractivity contribution in [2.75, 3.05) is 5.32 Å². The van der Waals surface area contributed by atoms with Crippen LogP contribution in [0.5, 0.6) is 0 Å². The lowest BCUT2D eigenvalue weighted by atomic mass is 9.99. The van der Waals surface area contributed by atoms with Gasteiger partial charge in [-0.1, -0.05) is 36.9 Å². The van der Waals surface area contributed by atoms with Gasteiger partial charge in [0.1, 0.15) is 0 Å². The summed E-state index contributed by atoms with van der Waals surface area (Å²) < 4.78 is 0. The van der Waals surface area contributed by atoms with Crippen LogP contribution in [0.2, 0.25) is 5.02 Å². The zero-order chi connectivity index (χ0) is 15.1. The number of benzene rings is 1. The molecule has 0 radical (unpaired) electrons. The molecule has 0 spiro atoms. The zero-order valence-electron chi connectivity index (χ0n) is 12.4. The molecule has 0 bridgehead atoms. The summed E-state index contributed by atoms with van der Waals surface area (Å²) in [6, 6.07) is 5.73. The number of nitrogens with one attached hydrogen (secondary N) is 2. The number of halogens is 1. The maximum absolute atomic E-state index is 6.10. The monoisotopic (exact) mass is 323 g/mol. The van der Waals surface area contributed by atoms with Crippen LogP contribution in [0.4, 0.5) is 5.69 Å². The molecule has 0 heterocycles. The molecule has 1 saturated carbocycles. The highest BCUT2D eigenvalue weighted by Crippen LogP contribution is 2.22. The van der Waals surface area contributed by atoms with Gasteiger partial charge in [-0.05, 0) is 62.5 Å². The van der Waals surface area contributed by atoms with Crippen LogP contribution in [0.25, 0.3) is 0 Å². The molecule has 114 valence electrons. The number of nitrogens with zero attached hydrogens (tertiary/aromatic N) is 1.